The summed E-state index contributed by atoms with van der Waals surface area (Å²) >= 11 is 0. The molecule has 2 aliphatic heterocycles. The summed E-state index contributed by atoms with van der Waals surface area (Å²) in [5.74, 6) is 0.860. The first-order valence-electron chi connectivity index (χ1n) is 5.41. The smallest absolute Gasteiger partial charge is 0.110 e. The van der Waals surface area contributed by atoms with E-state index in [1.165, 1.54) is 59.7 Å². The third-order valence-corrected chi connectivity index (χ3v) is 3.20. The van der Waals surface area contributed by atoms with Gasteiger partial charge in [-0.15, -0.1) is 0 Å². The monoisotopic (exact) mass is 164 g/mol. The van der Waals surface area contributed by atoms with Crippen LogP contribution in [0.25, 0.3) is 0 Å². The summed E-state index contributed by atoms with van der Waals surface area (Å²) in [5.41, 5.74) is 0. The van der Waals surface area contributed by atoms with Gasteiger partial charge in [-0.25, -0.2) is 0 Å². The van der Waals surface area contributed by atoms with Gasteiger partial charge in [0.25, 0.3) is 0 Å². The Labute approximate surface area is 76.5 Å². The molecule has 2 saturated heterocycles. The quantitative estimate of drug-likeness (QED) is 0.472. The van der Waals surface area contributed by atoms with E-state index in [1.807, 2.05) is 0 Å². The fourth-order valence-corrected chi connectivity index (χ4v) is 2.43. The molecule has 0 aliphatic carbocycles. The normalized spacial score (nSPS) is 32.2. The molecule has 2 heterocycles. The molecule has 0 radical (unpaired) electrons. The number of nitrogens with one attached hydrogen (secondary N) is 1. The molecule has 1 unspecified atom stereocenters. The van der Waals surface area contributed by atoms with Crippen molar-refractivity contribution >= 4 is 14.3 Å². The number of nitrogens with zero attached hydrogens (tertiary/aromatic N) is 1. The average molecular weight is 164 g/mol. The molecule has 2 rings (SSSR count). The summed E-state index contributed by atoms with van der Waals surface area (Å²) < 4.78 is 0. The molecule has 2 fully saturated rings. The molecule has 0 aromatic rings. The summed E-state index contributed by atoms with van der Waals surface area (Å²) in [6.45, 7) is 5.08. The van der Waals surface area contributed by atoms with Gasteiger partial charge in [0.05, 0.1) is 7.17 Å². The second-order valence-electron chi connectivity index (χ2n) is 4.10. The lowest BCUT2D eigenvalue weighted by Crippen LogP contribution is -2.55. The third kappa shape index (κ3) is 2.05. The molecule has 4 heteroatoms. The molecule has 0 aromatic carbocycles. The Kier molecular flexibility index (Phi) is 3.12. The molecule has 0 bridgehead atoms. The van der Waals surface area contributed by atoms with Gasteiger partial charge in [0.15, 0.2) is 0 Å². The second kappa shape index (κ2) is 4.33. The van der Waals surface area contributed by atoms with Crippen LogP contribution in [-0.4, -0.2) is 51.4 Å². The number of piperazine rings is 1. The zero-order chi connectivity index (χ0) is 8.23. The second-order valence-corrected chi connectivity index (χ2v) is 4.10. The van der Waals surface area contributed by atoms with Gasteiger partial charge in [-0.2, -0.15) is 0 Å². The van der Waals surface area contributed by atoms with Crippen LogP contribution >= 0.6 is 0 Å². The van der Waals surface area contributed by atoms with Crippen molar-refractivity contribution in [3.8, 4) is 0 Å². The topological polar surface area (TPSA) is 15.3 Å². The summed E-state index contributed by atoms with van der Waals surface area (Å²) in [5, 5.41) is 3.49. The minimum Gasteiger partial charge on any atom is -0.315 e. The Morgan fingerprint density at radius 2 is 2.25 bits per heavy atom. The first-order valence-corrected chi connectivity index (χ1v) is 5.41. The number of hydrogen-bond donors (Lipinski definition) is 1. The standard InChI is InChI=1S/C8H18B2N2/c1-2-5-12-6-4-11-7-8(12)10-9-3-1/h8-11H,1-7H2. The van der Waals surface area contributed by atoms with Crippen molar-refractivity contribution in [1.82, 2.24) is 10.2 Å². The maximum absolute atomic E-state index is 3.49. The predicted molar refractivity (Wildman–Crippen MR) is 56.6 cm³/mol. The highest BCUT2D eigenvalue weighted by Gasteiger charge is 2.23. The van der Waals surface area contributed by atoms with Crippen molar-refractivity contribution in [1.29, 1.82) is 0 Å². The molecule has 0 aromatic heterocycles. The summed E-state index contributed by atoms with van der Waals surface area (Å²) in [7, 11) is 2.87. The van der Waals surface area contributed by atoms with Crippen molar-refractivity contribution in [3.05, 3.63) is 0 Å². The maximum Gasteiger partial charge on any atom is 0.110 e. The summed E-state index contributed by atoms with van der Waals surface area (Å²) in [6.07, 6.45) is 4.34. The largest absolute Gasteiger partial charge is 0.315 e. The van der Waals surface area contributed by atoms with Crippen LogP contribution in [0.3, 0.4) is 0 Å². The van der Waals surface area contributed by atoms with Crippen LogP contribution in [0.5, 0.6) is 0 Å². The van der Waals surface area contributed by atoms with Crippen molar-refractivity contribution in [2.45, 2.75) is 25.1 Å². The highest BCUT2D eigenvalue weighted by atomic mass is 15.2. The highest BCUT2D eigenvalue weighted by Crippen LogP contribution is 2.08. The fraction of sp³-hybridized carbons (Fsp3) is 1.00. The fourth-order valence-electron chi connectivity index (χ4n) is 2.43. The SMILES string of the molecule is B1BC2CNCCN2CCCC1. The van der Waals surface area contributed by atoms with E-state index < -0.39 is 0 Å². The number of rotatable bonds is 0. The maximum atomic E-state index is 3.49. The predicted octanol–water partition coefficient (Wildman–Crippen LogP) is -0.782. The number of fused-ring (bicyclic) bond motifs is 1. The van der Waals surface area contributed by atoms with E-state index in [9.17, 15) is 0 Å². The van der Waals surface area contributed by atoms with E-state index in [0.29, 0.717) is 0 Å². The van der Waals surface area contributed by atoms with Crippen molar-refractivity contribution < 1.29 is 0 Å². The molecule has 0 spiro atoms. The zero-order valence-electron chi connectivity index (χ0n) is 7.89. The van der Waals surface area contributed by atoms with Crippen LogP contribution in [0.2, 0.25) is 6.32 Å². The van der Waals surface area contributed by atoms with Gasteiger partial charge < -0.3 is 10.2 Å². The van der Waals surface area contributed by atoms with Crippen LogP contribution in [0.4, 0.5) is 0 Å². The minimum absolute atomic E-state index is 0.860. The Morgan fingerprint density at radius 3 is 3.25 bits per heavy atom. The van der Waals surface area contributed by atoms with Crippen molar-refractivity contribution in [3.63, 3.8) is 0 Å². The van der Waals surface area contributed by atoms with Gasteiger partial charge in [-0.05, 0) is 18.9 Å². The van der Waals surface area contributed by atoms with E-state index in [4.69, 9.17) is 0 Å². The van der Waals surface area contributed by atoms with Crippen LogP contribution in [0.1, 0.15) is 12.8 Å². The Hall–Kier alpha value is 0.0499. The molecule has 66 valence electrons. The van der Waals surface area contributed by atoms with Crippen LogP contribution < -0.4 is 5.32 Å². The van der Waals surface area contributed by atoms with Gasteiger partial charge in [0.2, 0.25) is 0 Å². The molecule has 12 heavy (non-hydrogen) atoms. The van der Waals surface area contributed by atoms with Gasteiger partial charge in [0.1, 0.15) is 7.17 Å². The van der Waals surface area contributed by atoms with E-state index in [0.717, 1.165) is 5.94 Å². The van der Waals surface area contributed by atoms with E-state index in [2.05, 4.69) is 10.2 Å². The molecule has 2 aliphatic rings. The number of hydrogen-bond acceptors (Lipinski definition) is 2. The van der Waals surface area contributed by atoms with Crippen LogP contribution in [0, 0.1) is 0 Å². The highest BCUT2D eigenvalue weighted by molar-refractivity contribution is 7.01. The third-order valence-electron chi connectivity index (χ3n) is 3.20. The average Bonchev–Trinajstić information content (AvgIpc) is 2.06. The van der Waals surface area contributed by atoms with Crippen molar-refractivity contribution in [2.75, 3.05) is 26.2 Å². The van der Waals surface area contributed by atoms with E-state index >= 15 is 0 Å². The lowest BCUT2D eigenvalue weighted by Gasteiger charge is -2.37. The summed E-state index contributed by atoms with van der Waals surface area (Å²) in [6, 6.07) is 0. The molecule has 1 atom stereocenters. The van der Waals surface area contributed by atoms with Gasteiger partial charge >= 0.3 is 0 Å². The van der Waals surface area contributed by atoms with Crippen molar-refractivity contribution in [2.24, 2.45) is 0 Å². The Balaban J connectivity index is 1.89. The lowest BCUT2D eigenvalue weighted by atomic mass is 9.33. The van der Waals surface area contributed by atoms with Crippen LogP contribution in [0.15, 0.2) is 0 Å². The van der Waals surface area contributed by atoms with E-state index in [-0.39, 0.29) is 0 Å². The Bertz CT molecular complexity index is 127. The van der Waals surface area contributed by atoms with Gasteiger partial charge in [0, 0.05) is 19.6 Å². The minimum atomic E-state index is 0.860. The molecule has 1 N–H and O–H groups in total. The first kappa shape index (κ1) is 8.64. The van der Waals surface area contributed by atoms with Crippen LogP contribution in [-0.2, 0) is 0 Å². The van der Waals surface area contributed by atoms with E-state index in [1.54, 1.807) is 0 Å². The van der Waals surface area contributed by atoms with Gasteiger partial charge in [-0.3, -0.25) is 0 Å². The molecule has 0 saturated carbocycles. The zero-order valence-corrected chi connectivity index (χ0v) is 7.89. The van der Waals surface area contributed by atoms with Gasteiger partial charge in [-0.1, -0.05) is 12.7 Å². The lowest BCUT2D eigenvalue weighted by molar-refractivity contribution is 0.209. The molecule has 0 amide bonds. The first-order chi connectivity index (χ1) is 5.97. The molecule has 2 nitrogen and oxygen atoms in total. The molecular formula is C8H18B2N2. The summed E-state index contributed by atoms with van der Waals surface area (Å²) in [4.78, 5) is 2.69. The Morgan fingerprint density at radius 1 is 1.25 bits per heavy atom. The molecular weight excluding hydrogens is 146 g/mol.